The zero-order valence-corrected chi connectivity index (χ0v) is 8.79. The maximum Gasteiger partial charge on any atom is 0.253 e. The fourth-order valence-electron chi connectivity index (χ4n) is 1.01. The maximum atomic E-state index is 11.3. The first-order chi connectivity index (χ1) is 6.05. The molecule has 13 heavy (non-hydrogen) atoms. The minimum Gasteiger partial charge on any atom is -0.299 e. The molecule has 0 atom stereocenters. The van der Waals surface area contributed by atoms with Crippen molar-refractivity contribution in [2.75, 3.05) is 5.75 Å². The molecule has 0 fully saturated rings. The molecular weight excluding hydrogens is 184 g/mol. The summed E-state index contributed by atoms with van der Waals surface area (Å²) in [4.78, 5) is 15.2. The average Bonchev–Trinajstić information content (AvgIpc) is 2.09. The highest BCUT2D eigenvalue weighted by Crippen LogP contribution is 2.18. The van der Waals surface area contributed by atoms with Crippen LogP contribution in [0.2, 0.25) is 0 Å². The highest BCUT2D eigenvalue weighted by atomic mass is 32.1. The van der Waals surface area contributed by atoms with Crippen LogP contribution in [0, 0.1) is 5.41 Å². The third-order valence-electron chi connectivity index (χ3n) is 1.82. The fraction of sp³-hybridized carbons (Fsp3) is 0.556. The Hall–Kier alpha value is -0.770. The van der Waals surface area contributed by atoms with Crippen LogP contribution < -0.4 is 5.56 Å². The Morgan fingerprint density at radius 2 is 2.31 bits per heavy atom. The monoisotopic (exact) mass is 198 g/mol. The molecule has 0 aromatic carbocycles. The minimum absolute atomic E-state index is 0.00939. The van der Waals surface area contributed by atoms with E-state index in [0.29, 0.717) is 6.54 Å². The number of nitrogens with zero attached hydrogens (tertiary/aromatic N) is 2. The molecule has 4 heteroatoms. The van der Waals surface area contributed by atoms with Gasteiger partial charge in [0.15, 0.2) is 0 Å². The van der Waals surface area contributed by atoms with Crippen molar-refractivity contribution >= 4 is 12.6 Å². The molecule has 0 aliphatic carbocycles. The highest BCUT2D eigenvalue weighted by Gasteiger charge is 2.16. The van der Waals surface area contributed by atoms with Gasteiger partial charge in [-0.25, -0.2) is 4.98 Å². The van der Waals surface area contributed by atoms with Gasteiger partial charge in [0.1, 0.15) is 0 Å². The fourth-order valence-corrected chi connectivity index (χ4v) is 1.11. The van der Waals surface area contributed by atoms with Crippen molar-refractivity contribution in [1.29, 1.82) is 0 Å². The van der Waals surface area contributed by atoms with E-state index in [1.54, 1.807) is 10.9 Å². The van der Waals surface area contributed by atoms with Crippen LogP contribution in [0.5, 0.6) is 0 Å². The van der Waals surface area contributed by atoms with Gasteiger partial charge in [-0.1, -0.05) is 13.8 Å². The van der Waals surface area contributed by atoms with E-state index in [1.165, 1.54) is 12.3 Å². The van der Waals surface area contributed by atoms with Crippen LogP contribution in [0.4, 0.5) is 0 Å². The van der Waals surface area contributed by atoms with Gasteiger partial charge in [-0.05, 0) is 11.2 Å². The maximum absolute atomic E-state index is 11.3. The van der Waals surface area contributed by atoms with E-state index < -0.39 is 0 Å². The Kier molecular flexibility index (Phi) is 3.14. The quantitative estimate of drug-likeness (QED) is 0.741. The molecule has 0 saturated heterocycles. The van der Waals surface area contributed by atoms with E-state index in [2.05, 4.69) is 31.5 Å². The smallest absolute Gasteiger partial charge is 0.253 e. The van der Waals surface area contributed by atoms with Gasteiger partial charge in [0.2, 0.25) is 0 Å². The zero-order valence-electron chi connectivity index (χ0n) is 7.90. The molecule has 1 heterocycles. The lowest BCUT2D eigenvalue weighted by Crippen LogP contribution is -2.29. The lowest BCUT2D eigenvalue weighted by atomic mass is 9.96. The van der Waals surface area contributed by atoms with Crippen molar-refractivity contribution in [3.8, 4) is 0 Å². The average molecular weight is 198 g/mol. The van der Waals surface area contributed by atoms with Crippen molar-refractivity contribution in [3.05, 3.63) is 28.9 Å². The number of aromatic nitrogens is 2. The van der Waals surface area contributed by atoms with Crippen molar-refractivity contribution in [2.24, 2.45) is 5.41 Å². The van der Waals surface area contributed by atoms with Crippen LogP contribution >= 0.6 is 12.6 Å². The summed E-state index contributed by atoms with van der Waals surface area (Å²) in [6.45, 7) is 4.79. The molecule has 0 aliphatic heterocycles. The second-order valence-electron chi connectivity index (χ2n) is 3.87. The topological polar surface area (TPSA) is 34.9 Å². The summed E-state index contributed by atoms with van der Waals surface area (Å²) in [7, 11) is 0. The summed E-state index contributed by atoms with van der Waals surface area (Å²) in [5, 5.41) is 0. The Morgan fingerprint density at radius 3 is 2.85 bits per heavy atom. The highest BCUT2D eigenvalue weighted by molar-refractivity contribution is 7.80. The first kappa shape index (κ1) is 10.3. The number of hydrogen-bond donors (Lipinski definition) is 1. The van der Waals surface area contributed by atoms with Gasteiger partial charge in [-0.2, -0.15) is 12.6 Å². The molecule has 72 valence electrons. The summed E-state index contributed by atoms with van der Waals surface area (Å²) < 4.78 is 1.61. The molecule has 3 nitrogen and oxygen atoms in total. The Bertz CT molecular complexity index is 332. The number of hydrogen-bond acceptors (Lipinski definition) is 3. The largest absolute Gasteiger partial charge is 0.299 e. The van der Waals surface area contributed by atoms with E-state index in [4.69, 9.17) is 0 Å². The Labute approximate surface area is 83.2 Å². The van der Waals surface area contributed by atoms with Crippen LogP contribution in [-0.2, 0) is 6.54 Å². The summed E-state index contributed by atoms with van der Waals surface area (Å²) in [5.41, 5.74) is 0.0144. The predicted octanol–water partition coefficient (Wildman–Crippen LogP) is 1.20. The van der Waals surface area contributed by atoms with Gasteiger partial charge in [0, 0.05) is 18.8 Å². The van der Waals surface area contributed by atoms with Crippen LogP contribution in [0.3, 0.4) is 0 Å². The molecule has 1 aromatic heterocycles. The summed E-state index contributed by atoms with van der Waals surface area (Å²) in [5.74, 6) is 0.744. The predicted molar refractivity (Wildman–Crippen MR) is 56.1 cm³/mol. The molecule has 0 spiro atoms. The molecule has 0 N–H and O–H groups in total. The number of thiol groups is 1. The summed E-state index contributed by atoms with van der Waals surface area (Å²) >= 11 is 4.23. The van der Waals surface area contributed by atoms with Crippen molar-refractivity contribution in [1.82, 2.24) is 9.55 Å². The van der Waals surface area contributed by atoms with Crippen LogP contribution in [0.25, 0.3) is 0 Å². The summed E-state index contributed by atoms with van der Waals surface area (Å²) in [6, 6.07) is 1.47. The molecular formula is C9H14N2OS. The second-order valence-corrected chi connectivity index (χ2v) is 4.18. The number of rotatable bonds is 3. The Morgan fingerprint density at radius 1 is 1.62 bits per heavy atom. The first-order valence-electron chi connectivity index (χ1n) is 4.16. The third kappa shape index (κ3) is 2.88. The first-order valence-corrected chi connectivity index (χ1v) is 4.80. The third-order valence-corrected chi connectivity index (χ3v) is 2.67. The van der Waals surface area contributed by atoms with Crippen molar-refractivity contribution < 1.29 is 0 Å². The molecule has 0 bridgehead atoms. The van der Waals surface area contributed by atoms with E-state index >= 15 is 0 Å². The van der Waals surface area contributed by atoms with Crippen LogP contribution in [-0.4, -0.2) is 15.3 Å². The molecule has 0 radical (unpaired) electrons. The van der Waals surface area contributed by atoms with Gasteiger partial charge in [-0.3, -0.25) is 9.36 Å². The zero-order chi connectivity index (χ0) is 9.90. The molecule has 0 amide bonds. The SMILES string of the molecule is CC(C)(CS)Cn1cnccc1=O. The van der Waals surface area contributed by atoms with E-state index in [9.17, 15) is 4.79 Å². The van der Waals surface area contributed by atoms with Gasteiger partial charge < -0.3 is 0 Å². The summed E-state index contributed by atoms with van der Waals surface area (Å²) in [6.07, 6.45) is 3.07. The molecule has 1 rings (SSSR count). The molecule has 1 aromatic rings. The van der Waals surface area contributed by atoms with Crippen molar-refractivity contribution in [2.45, 2.75) is 20.4 Å². The van der Waals surface area contributed by atoms with Crippen LogP contribution in [0.15, 0.2) is 23.4 Å². The lowest BCUT2D eigenvalue weighted by molar-refractivity contribution is 0.345. The van der Waals surface area contributed by atoms with Gasteiger partial charge in [0.25, 0.3) is 5.56 Å². The van der Waals surface area contributed by atoms with E-state index in [-0.39, 0.29) is 11.0 Å². The minimum atomic E-state index is -0.00939. The van der Waals surface area contributed by atoms with E-state index in [1.807, 2.05) is 0 Å². The van der Waals surface area contributed by atoms with Gasteiger partial charge in [-0.15, -0.1) is 0 Å². The van der Waals surface area contributed by atoms with Crippen molar-refractivity contribution in [3.63, 3.8) is 0 Å². The molecule has 0 saturated carbocycles. The molecule has 0 unspecified atom stereocenters. The van der Waals surface area contributed by atoms with Gasteiger partial charge in [0.05, 0.1) is 6.33 Å². The standard InChI is InChI=1S/C9H14N2OS/c1-9(2,6-13)5-11-7-10-4-3-8(11)12/h3-4,7,13H,5-6H2,1-2H3. The van der Waals surface area contributed by atoms with Crippen LogP contribution in [0.1, 0.15) is 13.8 Å². The second kappa shape index (κ2) is 3.96. The normalized spacial score (nSPS) is 11.6. The Balaban J connectivity index is 2.87. The van der Waals surface area contributed by atoms with Gasteiger partial charge >= 0.3 is 0 Å². The molecule has 0 aliphatic rings. The van der Waals surface area contributed by atoms with E-state index in [0.717, 1.165) is 5.75 Å². The lowest BCUT2D eigenvalue weighted by Gasteiger charge is -2.22.